The molecule has 2 aliphatic rings. The third kappa shape index (κ3) is 4.43. The van der Waals surface area contributed by atoms with Gasteiger partial charge < -0.3 is 29.5 Å². The molecule has 35 heavy (non-hydrogen) atoms. The second-order valence-corrected chi connectivity index (χ2v) is 9.06. The summed E-state index contributed by atoms with van der Waals surface area (Å²) in [5, 5.41) is 14.0. The zero-order valence-electron chi connectivity index (χ0n) is 20.4. The molecule has 9 heteroatoms. The number of esters is 1. The van der Waals surface area contributed by atoms with E-state index in [1.807, 2.05) is 43.1 Å². The summed E-state index contributed by atoms with van der Waals surface area (Å²) in [4.78, 5) is 32.6. The molecule has 0 aliphatic carbocycles. The molecule has 0 amide bonds. The summed E-state index contributed by atoms with van der Waals surface area (Å²) in [6, 6.07) is 10.6. The lowest BCUT2D eigenvalue weighted by Crippen LogP contribution is -2.57. The molecule has 3 heterocycles. The molecule has 2 aliphatic heterocycles. The van der Waals surface area contributed by atoms with Crippen LogP contribution in [0, 0.1) is 5.41 Å². The zero-order valence-corrected chi connectivity index (χ0v) is 20.4. The molecular formula is C26H31N3O6. The monoisotopic (exact) mass is 481 g/mol. The summed E-state index contributed by atoms with van der Waals surface area (Å²) in [5.41, 5.74) is 0.988. The van der Waals surface area contributed by atoms with Crippen molar-refractivity contribution in [1.29, 1.82) is 0 Å². The molecule has 0 radical (unpaired) electrons. The molecule has 2 N–H and O–H groups in total. The molecule has 0 bridgehead atoms. The number of allylic oxidation sites excluding steroid dienone is 1. The molecule has 2 aromatic rings. The number of rotatable bonds is 8. The molecule has 1 aromatic carbocycles. The number of ether oxygens (including phenoxy) is 3. The van der Waals surface area contributed by atoms with Gasteiger partial charge in [-0.1, -0.05) is 18.2 Å². The molecule has 0 spiro atoms. The van der Waals surface area contributed by atoms with Crippen LogP contribution in [0.4, 0.5) is 0 Å². The van der Waals surface area contributed by atoms with Crippen molar-refractivity contribution in [3.8, 4) is 11.5 Å². The number of carbonyl (C=O) groups is 2. The van der Waals surface area contributed by atoms with Gasteiger partial charge in [0.15, 0.2) is 11.5 Å². The smallest absolute Gasteiger partial charge is 0.336 e. The fraction of sp³-hybridized carbons (Fsp3) is 0.423. The van der Waals surface area contributed by atoms with Crippen LogP contribution >= 0.6 is 0 Å². The number of para-hydroxylation sites is 1. The summed E-state index contributed by atoms with van der Waals surface area (Å²) in [7, 11) is 3.23. The van der Waals surface area contributed by atoms with E-state index in [4.69, 9.17) is 14.2 Å². The Labute approximate surface area is 204 Å². The number of fused-ring (bicyclic) bond motifs is 1. The van der Waals surface area contributed by atoms with Gasteiger partial charge in [-0.25, -0.2) is 4.79 Å². The van der Waals surface area contributed by atoms with E-state index in [-0.39, 0.29) is 18.8 Å². The predicted molar refractivity (Wildman–Crippen MR) is 128 cm³/mol. The van der Waals surface area contributed by atoms with Crippen molar-refractivity contribution < 1.29 is 28.9 Å². The Hall–Kier alpha value is -3.59. The number of carbonyl (C=O) groups excluding carboxylic acids is 1. The number of aromatic nitrogens is 1. The van der Waals surface area contributed by atoms with Crippen molar-refractivity contribution in [2.24, 2.45) is 5.41 Å². The van der Waals surface area contributed by atoms with Crippen molar-refractivity contribution in [3.63, 3.8) is 0 Å². The highest BCUT2D eigenvalue weighted by molar-refractivity contribution is 5.94. The van der Waals surface area contributed by atoms with Gasteiger partial charge in [-0.3, -0.25) is 9.78 Å². The average molecular weight is 482 g/mol. The quantitative estimate of drug-likeness (QED) is 0.550. The maximum Gasteiger partial charge on any atom is 0.336 e. The maximum atomic E-state index is 13.2. The Balaban J connectivity index is 1.79. The van der Waals surface area contributed by atoms with E-state index in [1.165, 1.54) is 7.11 Å². The Morgan fingerprint density at radius 1 is 1.26 bits per heavy atom. The number of pyridine rings is 1. The largest absolute Gasteiger partial charge is 0.481 e. The van der Waals surface area contributed by atoms with Crippen LogP contribution in [0.25, 0.3) is 0 Å². The molecule has 0 fully saturated rings. The minimum atomic E-state index is -1.37. The van der Waals surface area contributed by atoms with Gasteiger partial charge in [-0.05, 0) is 52.1 Å². The van der Waals surface area contributed by atoms with Crippen LogP contribution in [0.2, 0.25) is 0 Å². The number of hydrogen-bond donors (Lipinski definition) is 2. The van der Waals surface area contributed by atoms with Crippen molar-refractivity contribution in [2.45, 2.75) is 38.8 Å². The minimum Gasteiger partial charge on any atom is -0.481 e. The third-order valence-corrected chi connectivity index (χ3v) is 7.02. The number of nitrogens with zero attached hydrogens (tertiary/aromatic N) is 2. The second kappa shape index (κ2) is 9.95. The van der Waals surface area contributed by atoms with Crippen molar-refractivity contribution in [1.82, 2.24) is 15.2 Å². The lowest BCUT2D eigenvalue weighted by Gasteiger charge is -2.47. The number of carboxylic acids is 1. The van der Waals surface area contributed by atoms with E-state index < -0.39 is 29.3 Å². The van der Waals surface area contributed by atoms with Gasteiger partial charge in [-0.15, -0.1) is 0 Å². The lowest BCUT2D eigenvalue weighted by atomic mass is 9.60. The zero-order chi connectivity index (χ0) is 25.2. The molecular weight excluding hydrogens is 450 g/mol. The van der Waals surface area contributed by atoms with Crippen LogP contribution in [-0.4, -0.2) is 60.5 Å². The Morgan fingerprint density at radius 2 is 2.06 bits per heavy atom. The number of nitrogens with one attached hydrogen (secondary N) is 1. The van der Waals surface area contributed by atoms with Gasteiger partial charge in [0.25, 0.3) is 0 Å². The summed E-state index contributed by atoms with van der Waals surface area (Å²) in [6.07, 6.45) is 2.00. The molecule has 9 nitrogen and oxygen atoms in total. The van der Waals surface area contributed by atoms with E-state index in [0.717, 1.165) is 5.69 Å². The second-order valence-electron chi connectivity index (χ2n) is 9.06. The Bertz CT molecular complexity index is 1140. The first-order valence-electron chi connectivity index (χ1n) is 11.6. The van der Waals surface area contributed by atoms with Gasteiger partial charge in [0.1, 0.15) is 5.41 Å². The highest BCUT2D eigenvalue weighted by Gasteiger charge is 2.57. The van der Waals surface area contributed by atoms with Gasteiger partial charge in [0, 0.05) is 36.0 Å². The summed E-state index contributed by atoms with van der Waals surface area (Å²) in [6.45, 7) is 4.69. The van der Waals surface area contributed by atoms with Crippen LogP contribution < -0.4 is 14.8 Å². The molecule has 3 atom stereocenters. The Kier molecular flexibility index (Phi) is 6.98. The molecule has 186 valence electrons. The van der Waals surface area contributed by atoms with Crippen molar-refractivity contribution in [2.75, 3.05) is 27.5 Å². The van der Waals surface area contributed by atoms with Crippen molar-refractivity contribution in [3.05, 3.63) is 65.1 Å². The normalized spacial score (nSPS) is 23.2. The predicted octanol–water partition coefficient (Wildman–Crippen LogP) is 2.93. The maximum absolute atomic E-state index is 13.2. The van der Waals surface area contributed by atoms with E-state index in [9.17, 15) is 14.7 Å². The fourth-order valence-electron chi connectivity index (χ4n) is 5.25. The van der Waals surface area contributed by atoms with Crippen LogP contribution in [0.3, 0.4) is 0 Å². The number of hydrogen-bond acceptors (Lipinski definition) is 8. The fourth-order valence-corrected chi connectivity index (χ4v) is 5.25. The molecule has 4 rings (SSSR count). The minimum absolute atomic E-state index is 0.0377. The summed E-state index contributed by atoms with van der Waals surface area (Å²) in [5.74, 6) is -1.39. The molecule has 1 aromatic heterocycles. The number of aliphatic carboxylic acids is 1. The van der Waals surface area contributed by atoms with E-state index in [2.05, 4.69) is 10.3 Å². The summed E-state index contributed by atoms with van der Waals surface area (Å²) >= 11 is 0. The number of benzene rings is 1. The van der Waals surface area contributed by atoms with E-state index in [1.54, 1.807) is 25.3 Å². The van der Waals surface area contributed by atoms with Crippen LogP contribution in [0.5, 0.6) is 11.5 Å². The average Bonchev–Trinajstić information content (AvgIpc) is 3.32. The van der Waals surface area contributed by atoms with Gasteiger partial charge >= 0.3 is 11.9 Å². The SMILES string of the molecule is COC(=O)C1=C(C)NC(C)C(CCN(C)Cc2ccccn2)(C(=O)O)C1c1cccc2c1OCO2. The summed E-state index contributed by atoms with van der Waals surface area (Å²) < 4.78 is 16.5. The van der Waals surface area contributed by atoms with Crippen LogP contribution in [0.15, 0.2) is 53.9 Å². The molecule has 0 saturated heterocycles. The topological polar surface area (TPSA) is 110 Å². The molecule has 3 unspecified atom stereocenters. The Morgan fingerprint density at radius 3 is 2.74 bits per heavy atom. The van der Waals surface area contributed by atoms with E-state index >= 15 is 0 Å². The van der Waals surface area contributed by atoms with Crippen molar-refractivity contribution >= 4 is 11.9 Å². The van der Waals surface area contributed by atoms with E-state index in [0.29, 0.717) is 35.8 Å². The van der Waals surface area contributed by atoms with Gasteiger partial charge in [0.05, 0.1) is 18.4 Å². The first-order chi connectivity index (χ1) is 16.8. The number of methoxy groups -OCH3 is 1. The standard InChI is InChI=1S/C26H31N3O6/c1-16-21(24(30)33-4)22(19-9-7-10-20-23(19)35-15-34-20)26(25(31)32,17(2)28-16)11-13-29(3)14-18-8-5-6-12-27-18/h5-10,12,17,22,28H,11,13-15H2,1-4H3,(H,31,32). The van der Waals surface area contributed by atoms with Gasteiger partial charge in [-0.2, -0.15) is 0 Å². The van der Waals surface area contributed by atoms with Crippen LogP contribution in [-0.2, 0) is 20.9 Å². The highest BCUT2D eigenvalue weighted by atomic mass is 16.7. The van der Waals surface area contributed by atoms with Crippen LogP contribution in [0.1, 0.15) is 37.4 Å². The van der Waals surface area contributed by atoms with Gasteiger partial charge in [0.2, 0.25) is 6.79 Å². The highest BCUT2D eigenvalue weighted by Crippen LogP contribution is 2.54. The first kappa shape index (κ1) is 24.5. The first-order valence-corrected chi connectivity index (χ1v) is 11.6. The number of carboxylic acid groups (broad SMARTS) is 1. The molecule has 0 saturated carbocycles. The third-order valence-electron chi connectivity index (χ3n) is 7.02. The lowest BCUT2D eigenvalue weighted by molar-refractivity contribution is -0.154.